The fourth-order valence-electron chi connectivity index (χ4n) is 2.84. The lowest BCUT2D eigenvalue weighted by Gasteiger charge is -2.32. The summed E-state index contributed by atoms with van der Waals surface area (Å²) in [6, 6.07) is 6.22. The van der Waals surface area contributed by atoms with E-state index < -0.39 is 19.2 Å². The minimum atomic E-state index is -1.38. The van der Waals surface area contributed by atoms with E-state index in [4.69, 9.17) is 0 Å². The van der Waals surface area contributed by atoms with Gasteiger partial charge in [0, 0.05) is 5.56 Å². The van der Waals surface area contributed by atoms with E-state index in [0.29, 0.717) is 0 Å². The zero-order valence-corrected chi connectivity index (χ0v) is 14.6. The Morgan fingerprint density at radius 2 is 1.55 bits per heavy atom. The molecule has 20 heavy (non-hydrogen) atoms. The SMILES string of the molecule is CC1(C)c2ccc(C#C[Si](C)(C)C)cc2C(C)(C)N1[O]. The van der Waals surface area contributed by atoms with Crippen LogP contribution in [0, 0.1) is 11.5 Å². The summed E-state index contributed by atoms with van der Waals surface area (Å²) in [5.74, 6) is 3.29. The Morgan fingerprint density at radius 3 is 2.10 bits per heavy atom. The maximum absolute atomic E-state index is 12.5. The van der Waals surface area contributed by atoms with Gasteiger partial charge in [0.1, 0.15) is 8.07 Å². The summed E-state index contributed by atoms with van der Waals surface area (Å²) in [4.78, 5) is 0. The average Bonchev–Trinajstić information content (AvgIpc) is 2.45. The quantitative estimate of drug-likeness (QED) is 0.521. The zero-order valence-electron chi connectivity index (χ0n) is 13.6. The van der Waals surface area contributed by atoms with E-state index >= 15 is 0 Å². The van der Waals surface area contributed by atoms with Crippen molar-refractivity contribution in [1.29, 1.82) is 0 Å². The Balaban J connectivity index is 2.53. The van der Waals surface area contributed by atoms with E-state index in [-0.39, 0.29) is 0 Å². The summed E-state index contributed by atoms with van der Waals surface area (Å²) >= 11 is 0. The molecule has 1 radical (unpaired) electrons. The summed E-state index contributed by atoms with van der Waals surface area (Å²) in [5, 5.41) is 13.7. The summed E-state index contributed by atoms with van der Waals surface area (Å²) in [5.41, 5.74) is 5.68. The standard InChI is InChI=1S/C17H24NOSi/c1-16(2)14-9-8-13(10-11-20(5,6)7)12-15(14)17(3,4)18(16)19/h8-9,12H,1-7H3. The van der Waals surface area contributed by atoms with Gasteiger partial charge in [-0.05, 0) is 51.0 Å². The molecule has 0 fully saturated rings. The lowest BCUT2D eigenvalue weighted by atomic mass is 9.89. The lowest BCUT2D eigenvalue weighted by molar-refractivity contribution is -0.266. The number of rotatable bonds is 0. The molecule has 0 saturated heterocycles. The highest BCUT2D eigenvalue weighted by Gasteiger charge is 2.49. The van der Waals surface area contributed by atoms with Crippen molar-refractivity contribution in [3.8, 4) is 11.5 Å². The molecular weight excluding hydrogens is 262 g/mol. The van der Waals surface area contributed by atoms with Crippen LogP contribution in [0.3, 0.4) is 0 Å². The van der Waals surface area contributed by atoms with Crippen LogP contribution in [-0.2, 0) is 16.3 Å². The molecule has 0 spiro atoms. The second-order valence-corrected chi connectivity index (χ2v) is 12.4. The largest absolute Gasteiger partial charge is 0.135 e. The van der Waals surface area contributed by atoms with Crippen LogP contribution in [0.5, 0.6) is 0 Å². The number of hydrogen-bond acceptors (Lipinski definition) is 1. The summed E-state index contributed by atoms with van der Waals surface area (Å²) in [6.45, 7) is 14.7. The van der Waals surface area contributed by atoms with Gasteiger partial charge < -0.3 is 0 Å². The van der Waals surface area contributed by atoms with Gasteiger partial charge in [-0.15, -0.1) is 15.8 Å². The van der Waals surface area contributed by atoms with Gasteiger partial charge in [0.25, 0.3) is 0 Å². The maximum atomic E-state index is 12.5. The Hall–Kier alpha value is -1.08. The molecule has 0 N–H and O–H groups in total. The average molecular weight is 286 g/mol. The van der Waals surface area contributed by atoms with E-state index in [1.54, 1.807) is 0 Å². The second-order valence-electron chi connectivity index (χ2n) is 7.67. The third-order valence-electron chi connectivity index (χ3n) is 3.94. The van der Waals surface area contributed by atoms with Crippen LogP contribution >= 0.6 is 0 Å². The molecule has 1 aliphatic heterocycles. The first kappa shape index (κ1) is 15.3. The predicted molar refractivity (Wildman–Crippen MR) is 85.2 cm³/mol. The van der Waals surface area contributed by atoms with E-state index in [9.17, 15) is 5.21 Å². The Labute approximate surface area is 123 Å². The van der Waals surface area contributed by atoms with Crippen molar-refractivity contribution in [3.63, 3.8) is 0 Å². The van der Waals surface area contributed by atoms with Crippen LogP contribution in [0.4, 0.5) is 0 Å². The number of hydrogen-bond donors (Lipinski definition) is 0. The van der Waals surface area contributed by atoms with Gasteiger partial charge in [0.15, 0.2) is 0 Å². The van der Waals surface area contributed by atoms with Gasteiger partial charge in [0.2, 0.25) is 0 Å². The van der Waals surface area contributed by atoms with Crippen LogP contribution in [-0.4, -0.2) is 13.1 Å². The number of benzene rings is 1. The van der Waals surface area contributed by atoms with E-state index in [0.717, 1.165) is 16.7 Å². The van der Waals surface area contributed by atoms with Crippen molar-refractivity contribution in [2.75, 3.05) is 0 Å². The van der Waals surface area contributed by atoms with E-state index in [2.05, 4.69) is 43.2 Å². The van der Waals surface area contributed by atoms with Gasteiger partial charge in [0.05, 0.1) is 11.1 Å². The van der Waals surface area contributed by atoms with Crippen LogP contribution < -0.4 is 0 Å². The summed E-state index contributed by atoms with van der Waals surface area (Å²) in [7, 11) is -1.38. The van der Waals surface area contributed by atoms with Crippen molar-refractivity contribution in [2.45, 2.75) is 58.4 Å². The molecule has 1 aromatic rings. The first-order valence-electron chi connectivity index (χ1n) is 7.12. The van der Waals surface area contributed by atoms with Crippen molar-refractivity contribution < 1.29 is 5.21 Å². The van der Waals surface area contributed by atoms with Crippen molar-refractivity contribution in [3.05, 3.63) is 34.9 Å². The van der Waals surface area contributed by atoms with Gasteiger partial charge in [-0.2, -0.15) is 0 Å². The second kappa shape index (κ2) is 4.46. The molecule has 3 heteroatoms. The fourth-order valence-corrected chi connectivity index (χ4v) is 3.36. The number of fused-ring (bicyclic) bond motifs is 1. The van der Waals surface area contributed by atoms with Gasteiger partial charge in [-0.3, -0.25) is 0 Å². The van der Waals surface area contributed by atoms with E-state index in [1.807, 2.05) is 33.8 Å². The molecule has 1 aliphatic rings. The van der Waals surface area contributed by atoms with Gasteiger partial charge >= 0.3 is 0 Å². The zero-order chi connectivity index (χ0) is 15.3. The number of hydroxylamine groups is 2. The molecule has 0 bridgehead atoms. The maximum Gasteiger partial charge on any atom is 0.129 e. The third-order valence-corrected chi connectivity index (χ3v) is 4.81. The van der Waals surface area contributed by atoms with Crippen LogP contribution in [0.25, 0.3) is 0 Å². The molecule has 2 nitrogen and oxygen atoms in total. The number of nitrogens with zero attached hydrogens (tertiary/aromatic N) is 1. The highest BCUT2D eigenvalue weighted by Crippen LogP contribution is 2.48. The molecule has 0 aromatic heterocycles. The monoisotopic (exact) mass is 286 g/mol. The molecule has 1 aromatic carbocycles. The van der Waals surface area contributed by atoms with E-state index in [1.165, 1.54) is 5.06 Å². The molecule has 0 amide bonds. The van der Waals surface area contributed by atoms with Gasteiger partial charge in [-0.1, -0.05) is 31.6 Å². The van der Waals surface area contributed by atoms with Crippen molar-refractivity contribution >= 4 is 8.07 Å². The molecule has 1 heterocycles. The smallest absolute Gasteiger partial charge is 0.129 e. The molecular formula is C17H24NOSi. The highest BCUT2D eigenvalue weighted by molar-refractivity contribution is 6.83. The Kier molecular flexibility index (Phi) is 3.41. The van der Waals surface area contributed by atoms with Crippen LogP contribution in [0.1, 0.15) is 44.4 Å². The first-order chi connectivity index (χ1) is 8.96. The molecule has 107 valence electrons. The first-order valence-corrected chi connectivity index (χ1v) is 10.6. The minimum absolute atomic E-state index is 0.469. The normalized spacial score (nSPS) is 20.2. The summed E-state index contributed by atoms with van der Waals surface area (Å²) in [6.07, 6.45) is 0. The molecule has 0 atom stereocenters. The highest BCUT2D eigenvalue weighted by atomic mass is 28.3. The fraction of sp³-hybridized carbons (Fsp3) is 0.529. The van der Waals surface area contributed by atoms with Gasteiger partial charge in [-0.25, -0.2) is 0 Å². The topological polar surface area (TPSA) is 23.1 Å². The predicted octanol–water partition coefficient (Wildman–Crippen LogP) is 4.05. The Morgan fingerprint density at radius 1 is 1.00 bits per heavy atom. The minimum Gasteiger partial charge on any atom is -0.135 e. The van der Waals surface area contributed by atoms with Crippen molar-refractivity contribution in [1.82, 2.24) is 5.06 Å². The molecule has 0 aliphatic carbocycles. The molecule has 2 rings (SSSR count). The molecule has 0 saturated carbocycles. The Bertz CT molecular complexity index is 600. The lowest BCUT2D eigenvalue weighted by Crippen LogP contribution is -2.41. The van der Waals surface area contributed by atoms with Crippen LogP contribution in [0.15, 0.2) is 18.2 Å². The third kappa shape index (κ3) is 2.44. The summed E-state index contributed by atoms with van der Waals surface area (Å²) < 4.78 is 0. The van der Waals surface area contributed by atoms with Crippen LogP contribution in [0.2, 0.25) is 19.6 Å². The van der Waals surface area contributed by atoms with Crippen molar-refractivity contribution in [2.24, 2.45) is 0 Å². The molecule has 0 unspecified atom stereocenters.